The zero-order valence-corrected chi connectivity index (χ0v) is 13.5. The molecule has 0 saturated carbocycles. The number of benzene rings is 2. The van der Waals surface area contributed by atoms with Gasteiger partial charge in [0, 0.05) is 12.1 Å². The molecule has 1 aliphatic heterocycles. The Hall–Kier alpha value is -2.49. The Kier molecular flexibility index (Phi) is 4.51. The van der Waals surface area contributed by atoms with E-state index in [0.29, 0.717) is 18.0 Å². The number of fused-ring (bicyclic) bond motifs is 1. The smallest absolute Gasteiger partial charge is 0.251 e. The lowest BCUT2D eigenvalue weighted by Gasteiger charge is -2.08. The van der Waals surface area contributed by atoms with E-state index in [1.807, 2.05) is 42.5 Å². The van der Waals surface area contributed by atoms with E-state index in [4.69, 9.17) is 9.47 Å². The van der Waals surface area contributed by atoms with Gasteiger partial charge in [0.2, 0.25) is 6.79 Å². The van der Waals surface area contributed by atoms with E-state index in [2.05, 4.69) is 19.2 Å². The molecule has 0 aromatic heterocycles. The van der Waals surface area contributed by atoms with Crippen molar-refractivity contribution in [3.8, 4) is 11.5 Å². The van der Waals surface area contributed by atoms with Crippen molar-refractivity contribution >= 4 is 5.91 Å². The average molecular weight is 311 g/mol. The van der Waals surface area contributed by atoms with Crippen molar-refractivity contribution in [3.05, 3.63) is 59.2 Å². The fraction of sp³-hybridized carbons (Fsp3) is 0.316. The van der Waals surface area contributed by atoms with Crippen LogP contribution in [0.15, 0.2) is 42.5 Å². The lowest BCUT2D eigenvalue weighted by Crippen LogP contribution is -2.22. The van der Waals surface area contributed by atoms with Gasteiger partial charge in [0.05, 0.1) is 0 Å². The van der Waals surface area contributed by atoms with Crippen molar-refractivity contribution in [3.63, 3.8) is 0 Å². The average Bonchev–Trinajstić information content (AvgIpc) is 3.00. The van der Waals surface area contributed by atoms with Gasteiger partial charge in [0.25, 0.3) is 5.91 Å². The van der Waals surface area contributed by atoms with Crippen molar-refractivity contribution < 1.29 is 14.3 Å². The van der Waals surface area contributed by atoms with E-state index in [-0.39, 0.29) is 12.7 Å². The van der Waals surface area contributed by atoms with Gasteiger partial charge in [-0.1, -0.05) is 32.0 Å². The second-order valence-corrected chi connectivity index (χ2v) is 6.17. The summed E-state index contributed by atoms with van der Waals surface area (Å²) in [5.74, 6) is 2.02. The van der Waals surface area contributed by atoms with Crippen molar-refractivity contribution in [1.82, 2.24) is 5.32 Å². The zero-order valence-electron chi connectivity index (χ0n) is 13.5. The predicted molar refractivity (Wildman–Crippen MR) is 88.7 cm³/mol. The summed E-state index contributed by atoms with van der Waals surface area (Å²) >= 11 is 0. The summed E-state index contributed by atoms with van der Waals surface area (Å²) in [5.41, 5.74) is 2.92. The first kappa shape index (κ1) is 15.4. The molecular formula is C19H21NO3. The number of hydrogen-bond acceptors (Lipinski definition) is 3. The highest BCUT2D eigenvalue weighted by Crippen LogP contribution is 2.32. The van der Waals surface area contributed by atoms with Gasteiger partial charge in [-0.05, 0) is 47.7 Å². The molecule has 0 spiro atoms. The molecule has 2 aromatic rings. The van der Waals surface area contributed by atoms with Gasteiger partial charge in [-0.3, -0.25) is 4.79 Å². The molecule has 0 saturated heterocycles. The minimum Gasteiger partial charge on any atom is -0.454 e. The summed E-state index contributed by atoms with van der Waals surface area (Å²) in [6.07, 6.45) is 1.03. The minimum absolute atomic E-state index is 0.0706. The first-order valence-electron chi connectivity index (χ1n) is 7.87. The molecule has 0 fully saturated rings. The second kappa shape index (κ2) is 6.73. The van der Waals surface area contributed by atoms with Crippen LogP contribution in [0.3, 0.4) is 0 Å². The topological polar surface area (TPSA) is 47.6 Å². The molecule has 1 aliphatic rings. The molecule has 4 nitrogen and oxygen atoms in total. The highest BCUT2D eigenvalue weighted by Gasteiger charge is 2.13. The normalized spacial score (nSPS) is 12.5. The van der Waals surface area contributed by atoms with Crippen LogP contribution in [0.2, 0.25) is 0 Å². The summed E-state index contributed by atoms with van der Waals surface area (Å²) in [5, 5.41) is 2.93. The molecule has 0 aliphatic carbocycles. The fourth-order valence-electron chi connectivity index (χ4n) is 2.60. The monoisotopic (exact) mass is 311 g/mol. The van der Waals surface area contributed by atoms with Crippen LogP contribution in [-0.2, 0) is 13.0 Å². The number of hydrogen-bond donors (Lipinski definition) is 1. The number of carbonyl (C=O) groups excluding carboxylic acids is 1. The van der Waals surface area contributed by atoms with Crippen LogP contribution in [0, 0.1) is 5.92 Å². The zero-order chi connectivity index (χ0) is 16.2. The van der Waals surface area contributed by atoms with Crippen molar-refractivity contribution in [2.75, 3.05) is 6.79 Å². The van der Waals surface area contributed by atoms with E-state index >= 15 is 0 Å². The van der Waals surface area contributed by atoms with Crippen LogP contribution in [-0.4, -0.2) is 12.7 Å². The largest absolute Gasteiger partial charge is 0.454 e. The Morgan fingerprint density at radius 3 is 2.48 bits per heavy atom. The summed E-state index contributed by atoms with van der Waals surface area (Å²) < 4.78 is 10.6. The molecule has 0 radical (unpaired) electrons. The first-order valence-corrected chi connectivity index (χ1v) is 7.87. The number of ether oxygens (including phenoxy) is 2. The molecule has 23 heavy (non-hydrogen) atoms. The van der Waals surface area contributed by atoms with Gasteiger partial charge in [0.1, 0.15) is 0 Å². The molecular weight excluding hydrogens is 290 g/mol. The van der Waals surface area contributed by atoms with Crippen LogP contribution in [0.25, 0.3) is 0 Å². The Morgan fingerprint density at radius 2 is 1.74 bits per heavy atom. The third-order valence-corrected chi connectivity index (χ3v) is 3.75. The molecule has 3 rings (SSSR count). The predicted octanol–water partition coefficient (Wildman–Crippen LogP) is 3.54. The number of amides is 1. The number of carbonyl (C=O) groups is 1. The lowest BCUT2D eigenvalue weighted by molar-refractivity contribution is 0.0951. The molecule has 1 N–H and O–H groups in total. The van der Waals surface area contributed by atoms with Crippen LogP contribution in [0.4, 0.5) is 0 Å². The fourth-order valence-corrected chi connectivity index (χ4v) is 2.60. The van der Waals surface area contributed by atoms with E-state index in [1.54, 1.807) is 0 Å². The molecule has 2 aromatic carbocycles. The highest BCUT2D eigenvalue weighted by atomic mass is 16.7. The molecule has 0 bridgehead atoms. The Bertz CT molecular complexity index is 692. The van der Waals surface area contributed by atoms with Crippen LogP contribution in [0.1, 0.15) is 35.3 Å². The first-order chi connectivity index (χ1) is 11.1. The van der Waals surface area contributed by atoms with E-state index < -0.39 is 0 Å². The third-order valence-electron chi connectivity index (χ3n) is 3.75. The summed E-state index contributed by atoms with van der Waals surface area (Å²) in [6, 6.07) is 13.5. The van der Waals surface area contributed by atoms with Gasteiger partial charge in [-0.25, -0.2) is 0 Å². The highest BCUT2D eigenvalue weighted by molar-refractivity contribution is 5.94. The number of rotatable bonds is 5. The van der Waals surface area contributed by atoms with Gasteiger partial charge >= 0.3 is 0 Å². The maximum absolute atomic E-state index is 12.2. The van der Waals surface area contributed by atoms with E-state index in [9.17, 15) is 4.79 Å². The van der Waals surface area contributed by atoms with Gasteiger partial charge < -0.3 is 14.8 Å². The summed E-state index contributed by atoms with van der Waals surface area (Å²) in [6.45, 7) is 5.09. The van der Waals surface area contributed by atoms with E-state index in [1.165, 1.54) is 5.56 Å². The standard InChI is InChI=1S/C19H21NO3/c1-13(2)9-14-3-6-16(7-4-14)19(21)20-11-15-5-8-17-18(10-15)23-12-22-17/h3-8,10,13H,9,11-12H2,1-2H3,(H,20,21). The van der Waals surface area contributed by atoms with Gasteiger partial charge in [0.15, 0.2) is 11.5 Å². The van der Waals surface area contributed by atoms with Crippen molar-refractivity contribution in [2.45, 2.75) is 26.8 Å². The Morgan fingerprint density at radius 1 is 1.04 bits per heavy atom. The maximum atomic E-state index is 12.2. The van der Waals surface area contributed by atoms with Crippen LogP contribution >= 0.6 is 0 Å². The third kappa shape index (κ3) is 3.83. The lowest BCUT2D eigenvalue weighted by atomic mass is 10.0. The second-order valence-electron chi connectivity index (χ2n) is 6.17. The van der Waals surface area contributed by atoms with Crippen LogP contribution < -0.4 is 14.8 Å². The molecule has 0 unspecified atom stereocenters. The van der Waals surface area contributed by atoms with E-state index in [0.717, 1.165) is 23.5 Å². The molecule has 120 valence electrons. The molecule has 1 amide bonds. The van der Waals surface area contributed by atoms with Crippen molar-refractivity contribution in [1.29, 1.82) is 0 Å². The maximum Gasteiger partial charge on any atom is 0.251 e. The van der Waals surface area contributed by atoms with Crippen molar-refractivity contribution in [2.24, 2.45) is 5.92 Å². The summed E-state index contributed by atoms with van der Waals surface area (Å²) in [7, 11) is 0. The van der Waals surface area contributed by atoms with Crippen LogP contribution in [0.5, 0.6) is 11.5 Å². The SMILES string of the molecule is CC(C)Cc1ccc(C(=O)NCc2ccc3c(c2)OCO3)cc1. The Balaban J connectivity index is 1.58. The quantitative estimate of drug-likeness (QED) is 0.918. The van der Waals surface area contributed by atoms with Gasteiger partial charge in [-0.15, -0.1) is 0 Å². The minimum atomic E-state index is -0.0706. The number of nitrogens with one attached hydrogen (secondary N) is 1. The van der Waals surface area contributed by atoms with Gasteiger partial charge in [-0.2, -0.15) is 0 Å². The Labute approximate surface area is 136 Å². The summed E-state index contributed by atoms with van der Waals surface area (Å²) in [4.78, 5) is 12.2. The molecule has 4 heteroatoms. The molecule has 1 heterocycles. The molecule has 0 atom stereocenters.